The number of nitrogens with one attached hydrogen (secondary N) is 1. The molecule has 0 saturated carbocycles. The first-order valence-electron chi connectivity index (χ1n) is 6.43. The van der Waals surface area contributed by atoms with E-state index in [4.69, 9.17) is 4.74 Å². The van der Waals surface area contributed by atoms with Crippen molar-refractivity contribution in [2.45, 2.75) is 19.9 Å². The van der Waals surface area contributed by atoms with Crippen LogP contribution in [0.2, 0.25) is 0 Å². The van der Waals surface area contributed by atoms with Gasteiger partial charge in [-0.3, -0.25) is 4.79 Å². The fourth-order valence-electron chi connectivity index (χ4n) is 2.00. The third kappa shape index (κ3) is 2.81. The summed E-state index contributed by atoms with van der Waals surface area (Å²) in [6, 6.07) is 5.60. The molecule has 19 heavy (non-hydrogen) atoms. The summed E-state index contributed by atoms with van der Waals surface area (Å²) >= 11 is 0. The maximum absolute atomic E-state index is 11.6. The van der Waals surface area contributed by atoms with Crippen LogP contribution < -0.4 is 15.0 Å². The molecule has 0 aliphatic carbocycles. The Hall–Kier alpha value is -1.75. The van der Waals surface area contributed by atoms with Crippen LogP contribution in [-0.4, -0.2) is 37.3 Å². The average molecular weight is 264 g/mol. The summed E-state index contributed by atoms with van der Waals surface area (Å²) in [4.78, 5) is 13.2. The quantitative estimate of drug-likeness (QED) is 0.864. The van der Waals surface area contributed by atoms with E-state index in [1.807, 2.05) is 32.0 Å². The van der Waals surface area contributed by atoms with Gasteiger partial charge in [-0.15, -0.1) is 0 Å². The van der Waals surface area contributed by atoms with E-state index >= 15 is 0 Å². The van der Waals surface area contributed by atoms with Gasteiger partial charge in [-0.1, -0.05) is 13.8 Å². The lowest BCUT2D eigenvalue weighted by molar-refractivity contribution is -0.120. The number of carbonyl (C=O) groups is 1. The van der Waals surface area contributed by atoms with Crippen molar-refractivity contribution in [1.82, 2.24) is 0 Å². The fraction of sp³-hybridized carbons (Fsp3) is 0.500. The van der Waals surface area contributed by atoms with E-state index < -0.39 is 0 Å². The van der Waals surface area contributed by atoms with Crippen LogP contribution >= 0.6 is 0 Å². The van der Waals surface area contributed by atoms with Crippen LogP contribution in [0.4, 0.5) is 11.4 Å². The predicted octanol–water partition coefficient (Wildman–Crippen LogP) is 1.47. The molecule has 0 saturated heterocycles. The first-order valence-corrected chi connectivity index (χ1v) is 6.43. The second-order valence-corrected chi connectivity index (χ2v) is 5.10. The van der Waals surface area contributed by atoms with Gasteiger partial charge in [0.05, 0.1) is 18.3 Å². The second-order valence-electron chi connectivity index (χ2n) is 5.10. The molecule has 0 aromatic heterocycles. The number of aliphatic hydroxyl groups is 1. The summed E-state index contributed by atoms with van der Waals surface area (Å²) in [6.45, 7) is 4.25. The zero-order chi connectivity index (χ0) is 14.0. The number of aliphatic hydroxyl groups excluding tert-OH is 1. The smallest absolute Gasteiger partial charge is 0.264 e. The van der Waals surface area contributed by atoms with Crippen molar-refractivity contribution >= 4 is 17.3 Å². The molecule has 1 aromatic rings. The van der Waals surface area contributed by atoms with Crippen LogP contribution in [0.25, 0.3) is 0 Å². The third-order valence-corrected chi connectivity index (χ3v) is 3.40. The molecule has 1 aromatic carbocycles. The molecule has 1 aliphatic heterocycles. The van der Waals surface area contributed by atoms with Gasteiger partial charge in [-0.25, -0.2) is 0 Å². The van der Waals surface area contributed by atoms with Crippen LogP contribution in [-0.2, 0) is 4.79 Å². The standard InChI is InChI=1S/C14H20N2O3/c1-9(2)11(7-17)15-10-4-5-13-12(6-10)16(3)14(18)8-19-13/h4-6,9,11,15,17H,7-8H2,1-3H3. The van der Waals surface area contributed by atoms with Gasteiger partial charge in [0.25, 0.3) is 5.91 Å². The molecule has 104 valence electrons. The van der Waals surface area contributed by atoms with Gasteiger partial charge in [0.1, 0.15) is 5.75 Å². The summed E-state index contributed by atoms with van der Waals surface area (Å²) in [5.74, 6) is 0.960. The molecule has 1 amide bonds. The number of hydrogen-bond donors (Lipinski definition) is 2. The number of amides is 1. The van der Waals surface area contributed by atoms with Gasteiger partial charge in [0.15, 0.2) is 6.61 Å². The summed E-state index contributed by atoms with van der Waals surface area (Å²) in [5.41, 5.74) is 1.62. The first-order chi connectivity index (χ1) is 9.02. The number of rotatable bonds is 4. The molecule has 0 spiro atoms. The maximum atomic E-state index is 11.6. The lowest BCUT2D eigenvalue weighted by atomic mass is 10.0. The number of benzene rings is 1. The largest absolute Gasteiger partial charge is 0.482 e. The van der Waals surface area contributed by atoms with E-state index in [0.717, 1.165) is 11.4 Å². The van der Waals surface area contributed by atoms with Gasteiger partial charge in [0.2, 0.25) is 0 Å². The highest BCUT2D eigenvalue weighted by molar-refractivity contribution is 5.97. The molecule has 2 N–H and O–H groups in total. The molecule has 1 unspecified atom stereocenters. The number of fused-ring (bicyclic) bond motifs is 1. The van der Waals surface area contributed by atoms with Crippen molar-refractivity contribution in [2.24, 2.45) is 5.92 Å². The molecule has 0 radical (unpaired) electrons. The zero-order valence-electron chi connectivity index (χ0n) is 11.5. The number of carbonyl (C=O) groups excluding carboxylic acids is 1. The number of likely N-dealkylation sites (N-methyl/N-ethyl adjacent to an activating group) is 1. The minimum absolute atomic E-state index is 0.0106. The van der Waals surface area contributed by atoms with Crippen LogP contribution in [0.3, 0.4) is 0 Å². The number of nitrogens with zero attached hydrogens (tertiary/aromatic N) is 1. The van der Waals surface area contributed by atoms with Crippen molar-refractivity contribution in [3.8, 4) is 5.75 Å². The third-order valence-electron chi connectivity index (χ3n) is 3.40. The van der Waals surface area contributed by atoms with Crippen molar-refractivity contribution in [3.63, 3.8) is 0 Å². The minimum atomic E-state index is -0.0628. The average Bonchev–Trinajstić information content (AvgIpc) is 2.40. The Labute approximate surface area is 113 Å². The van der Waals surface area contributed by atoms with Gasteiger partial charge < -0.3 is 20.1 Å². The number of ether oxygens (including phenoxy) is 1. The Morgan fingerprint density at radius 1 is 1.47 bits per heavy atom. The van der Waals surface area contributed by atoms with E-state index in [9.17, 15) is 9.90 Å². The molecule has 5 nitrogen and oxygen atoms in total. The highest BCUT2D eigenvalue weighted by Crippen LogP contribution is 2.33. The van der Waals surface area contributed by atoms with Crippen LogP contribution in [0.15, 0.2) is 18.2 Å². The molecular formula is C14H20N2O3. The van der Waals surface area contributed by atoms with Crippen molar-refractivity contribution in [1.29, 1.82) is 0 Å². The highest BCUT2D eigenvalue weighted by Gasteiger charge is 2.22. The normalized spacial score (nSPS) is 16.1. The SMILES string of the molecule is CC(C)C(CO)Nc1ccc2c(c1)N(C)C(=O)CO2. The van der Waals surface area contributed by atoms with Crippen LogP contribution in [0.5, 0.6) is 5.75 Å². The molecule has 1 aliphatic rings. The first kappa shape index (κ1) is 13.7. The summed E-state index contributed by atoms with van der Waals surface area (Å²) in [7, 11) is 1.74. The van der Waals surface area contributed by atoms with Crippen molar-refractivity contribution in [2.75, 3.05) is 30.5 Å². The van der Waals surface area contributed by atoms with Gasteiger partial charge in [0, 0.05) is 12.7 Å². The van der Waals surface area contributed by atoms with Crippen molar-refractivity contribution in [3.05, 3.63) is 18.2 Å². The Bertz CT molecular complexity index is 474. The fourth-order valence-corrected chi connectivity index (χ4v) is 2.00. The Morgan fingerprint density at radius 2 is 2.21 bits per heavy atom. The molecule has 2 rings (SSSR count). The van der Waals surface area contributed by atoms with Crippen LogP contribution in [0, 0.1) is 5.92 Å². The second kappa shape index (κ2) is 5.48. The van der Waals surface area contributed by atoms with E-state index in [-0.39, 0.29) is 25.2 Å². The minimum Gasteiger partial charge on any atom is -0.482 e. The Kier molecular flexibility index (Phi) is 3.95. The lowest BCUT2D eigenvalue weighted by Gasteiger charge is -2.27. The van der Waals surface area contributed by atoms with E-state index in [1.54, 1.807) is 11.9 Å². The molecule has 5 heteroatoms. The zero-order valence-corrected chi connectivity index (χ0v) is 11.5. The molecular weight excluding hydrogens is 244 g/mol. The Balaban J connectivity index is 2.23. The van der Waals surface area contributed by atoms with Crippen molar-refractivity contribution < 1.29 is 14.6 Å². The van der Waals surface area contributed by atoms with E-state index in [2.05, 4.69) is 5.32 Å². The van der Waals surface area contributed by atoms with Gasteiger partial charge in [-0.05, 0) is 24.1 Å². The number of anilines is 2. The highest BCUT2D eigenvalue weighted by atomic mass is 16.5. The van der Waals surface area contributed by atoms with Gasteiger partial charge >= 0.3 is 0 Å². The molecule has 0 fully saturated rings. The monoisotopic (exact) mass is 264 g/mol. The molecule has 1 atom stereocenters. The molecule has 1 heterocycles. The Morgan fingerprint density at radius 3 is 2.84 bits per heavy atom. The topological polar surface area (TPSA) is 61.8 Å². The summed E-state index contributed by atoms with van der Waals surface area (Å²) in [6.07, 6.45) is 0. The summed E-state index contributed by atoms with van der Waals surface area (Å²) < 4.78 is 5.37. The van der Waals surface area contributed by atoms with E-state index in [0.29, 0.717) is 11.7 Å². The predicted molar refractivity (Wildman–Crippen MR) is 74.7 cm³/mol. The van der Waals surface area contributed by atoms with Crippen LogP contribution in [0.1, 0.15) is 13.8 Å². The van der Waals surface area contributed by atoms with Gasteiger partial charge in [-0.2, -0.15) is 0 Å². The summed E-state index contributed by atoms with van der Waals surface area (Å²) in [5, 5.41) is 12.6. The maximum Gasteiger partial charge on any atom is 0.264 e. The number of hydrogen-bond acceptors (Lipinski definition) is 4. The molecule has 0 bridgehead atoms. The lowest BCUT2D eigenvalue weighted by Crippen LogP contribution is -2.35. The van der Waals surface area contributed by atoms with E-state index in [1.165, 1.54) is 0 Å².